The van der Waals surface area contributed by atoms with Crippen LogP contribution in [0.25, 0.3) is 0 Å². The number of hydrogen-bond donors (Lipinski definition) is 1. The number of carbonyl (C=O) groups excluding carboxylic acids is 1. The molecule has 1 aromatic carbocycles. The van der Waals surface area contributed by atoms with Crippen molar-refractivity contribution in [1.29, 1.82) is 0 Å². The monoisotopic (exact) mass is 485 g/mol. The van der Waals surface area contributed by atoms with Crippen LogP contribution < -0.4 is 10.9 Å². The van der Waals surface area contributed by atoms with Crippen LogP contribution in [0.3, 0.4) is 0 Å². The van der Waals surface area contributed by atoms with Gasteiger partial charge in [-0.1, -0.05) is 23.7 Å². The highest BCUT2D eigenvalue weighted by atomic mass is 35.5. The van der Waals surface area contributed by atoms with E-state index >= 15 is 0 Å². The molecule has 1 saturated heterocycles. The smallest absolute Gasteiger partial charge is 0.250 e. The molecule has 1 spiro atoms. The molecule has 5 rings (SSSR count). The zero-order chi connectivity index (χ0) is 23.9. The molecule has 1 aliphatic carbocycles. The summed E-state index contributed by atoms with van der Waals surface area (Å²) >= 11 is 6.57. The molecule has 1 amide bonds. The largest absolute Gasteiger partial charge is 0.384 e. The Morgan fingerprint density at radius 3 is 2.94 bits per heavy atom. The molecular formula is C26H32ClN3O4. The topological polar surface area (TPSA) is 72.8 Å². The molecule has 2 fully saturated rings. The van der Waals surface area contributed by atoms with Crippen molar-refractivity contribution in [2.45, 2.75) is 50.5 Å². The predicted molar refractivity (Wildman–Crippen MR) is 130 cm³/mol. The van der Waals surface area contributed by atoms with E-state index in [0.29, 0.717) is 37.7 Å². The number of nitrogens with one attached hydrogen (secondary N) is 1. The third-order valence-corrected chi connectivity index (χ3v) is 7.82. The fourth-order valence-electron chi connectivity index (χ4n) is 5.40. The fourth-order valence-corrected chi connectivity index (χ4v) is 5.58. The summed E-state index contributed by atoms with van der Waals surface area (Å²) in [7, 11) is 3.44. The molecule has 3 aliphatic rings. The number of nitrogens with zero attached hydrogens (tertiary/aromatic N) is 2. The number of aromatic nitrogens is 1. The van der Waals surface area contributed by atoms with Gasteiger partial charge in [-0.3, -0.25) is 9.59 Å². The van der Waals surface area contributed by atoms with Gasteiger partial charge in [-0.15, -0.1) is 0 Å². The van der Waals surface area contributed by atoms with Crippen molar-refractivity contribution in [1.82, 2.24) is 14.8 Å². The lowest BCUT2D eigenvalue weighted by atomic mass is 9.75. The molecule has 2 aromatic rings. The summed E-state index contributed by atoms with van der Waals surface area (Å²) in [5.41, 5.74) is 3.13. The minimum absolute atomic E-state index is 0.0709. The lowest BCUT2D eigenvalue weighted by Gasteiger charge is -2.42. The number of piperidine rings is 1. The number of fused-ring (bicyclic) bond motifs is 2. The molecule has 3 heterocycles. The van der Waals surface area contributed by atoms with E-state index in [9.17, 15) is 9.59 Å². The molecule has 2 atom stereocenters. The van der Waals surface area contributed by atoms with Crippen LogP contribution in [0.4, 0.5) is 0 Å². The van der Waals surface area contributed by atoms with Crippen molar-refractivity contribution >= 4 is 17.5 Å². The van der Waals surface area contributed by atoms with Crippen molar-refractivity contribution in [3.05, 3.63) is 68.1 Å². The molecule has 34 heavy (non-hydrogen) atoms. The van der Waals surface area contributed by atoms with Gasteiger partial charge in [0.05, 0.1) is 19.1 Å². The van der Waals surface area contributed by atoms with Crippen LogP contribution in [0.1, 0.15) is 41.5 Å². The Morgan fingerprint density at radius 2 is 2.18 bits per heavy atom. The molecule has 182 valence electrons. The van der Waals surface area contributed by atoms with Gasteiger partial charge in [0.1, 0.15) is 5.60 Å². The third-order valence-electron chi connectivity index (χ3n) is 7.45. The second-order valence-electron chi connectivity index (χ2n) is 9.71. The van der Waals surface area contributed by atoms with Gasteiger partial charge < -0.3 is 24.3 Å². The number of aryl methyl sites for hydroxylation is 1. The van der Waals surface area contributed by atoms with Gasteiger partial charge in [0.25, 0.3) is 5.56 Å². The van der Waals surface area contributed by atoms with Gasteiger partial charge in [-0.2, -0.15) is 0 Å². The molecule has 8 heteroatoms. The summed E-state index contributed by atoms with van der Waals surface area (Å²) in [6, 6.07) is 7.90. The van der Waals surface area contributed by atoms with Gasteiger partial charge in [-0.05, 0) is 55.0 Å². The zero-order valence-electron chi connectivity index (χ0n) is 19.8. The van der Waals surface area contributed by atoms with Crippen LogP contribution in [0, 0.1) is 5.92 Å². The summed E-state index contributed by atoms with van der Waals surface area (Å²) in [5.74, 6) is -0.327. The van der Waals surface area contributed by atoms with Crippen LogP contribution in [0.15, 0.2) is 35.3 Å². The number of pyridine rings is 1. The maximum absolute atomic E-state index is 14.1. The van der Waals surface area contributed by atoms with Crippen LogP contribution in [-0.4, -0.2) is 48.2 Å². The maximum Gasteiger partial charge on any atom is 0.250 e. The SMILES string of the molecule is COCCc1ccc(Cl)c(CN(C(=O)[C@H]2CNCCC23OCc2cn(C)c(=O)cc23)C2CC2)c1. The number of halogens is 1. The van der Waals surface area contributed by atoms with E-state index in [1.807, 2.05) is 23.2 Å². The summed E-state index contributed by atoms with van der Waals surface area (Å²) in [6.45, 7) is 2.80. The number of rotatable bonds is 7. The van der Waals surface area contributed by atoms with E-state index in [2.05, 4.69) is 11.4 Å². The van der Waals surface area contributed by atoms with E-state index in [1.54, 1.807) is 24.8 Å². The first-order valence-electron chi connectivity index (χ1n) is 12.0. The Hall–Kier alpha value is -2.19. The van der Waals surface area contributed by atoms with Crippen molar-refractivity contribution in [2.24, 2.45) is 13.0 Å². The Morgan fingerprint density at radius 1 is 1.35 bits per heavy atom. The summed E-state index contributed by atoms with van der Waals surface area (Å²) < 4.78 is 13.2. The fraction of sp³-hybridized carbons (Fsp3) is 0.538. The Labute approximate surface area is 205 Å². The average Bonchev–Trinajstić information content (AvgIpc) is 3.63. The van der Waals surface area contributed by atoms with Crippen molar-refractivity contribution in [3.63, 3.8) is 0 Å². The van der Waals surface area contributed by atoms with Crippen molar-refractivity contribution in [2.75, 3.05) is 26.8 Å². The molecule has 0 bridgehead atoms. The molecule has 1 N–H and O–H groups in total. The van der Waals surface area contributed by atoms with Gasteiger partial charge in [0.15, 0.2) is 0 Å². The number of methoxy groups -OCH3 is 1. The van der Waals surface area contributed by atoms with Gasteiger partial charge in [0.2, 0.25) is 5.91 Å². The van der Waals surface area contributed by atoms with Crippen LogP contribution >= 0.6 is 11.6 Å². The second kappa shape index (κ2) is 9.46. The quantitative estimate of drug-likeness (QED) is 0.653. The molecule has 1 aromatic heterocycles. The number of carbonyl (C=O) groups is 1. The molecule has 2 aliphatic heterocycles. The molecule has 7 nitrogen and oxygen atoms in total. The van der Waals surface area contributed by atoms with E-state index in [1.165, 1.54) is 0 Å². The van der Waals surface area contributed by atoms with Crippen LogP contribution in [-0.2, 0) is 46.5 Å². The highest BCUT2D eigenvalue weighted by molar-refractivity contribution is 6.31. The molecule has 0 radical (unpaired) electrons. The van der Waals surface area contributed by atoms with Crippen LogP contribution in [0.5, 0.6) is 0 Å². The first kappa shape index (κ1) is 23.5. The van der Waals surface area contributed by atoms with Crippen LogP contribution in [0.2, 0.25) is 5.02 Å². The summed E-state index contributed by atoms with van der Waals surface area (Å²) in [5, 5.41) is 4.06. The van der Waals surface area contributed by atoms with Gasteiger partial charge in [-0.25, -0.2) is 0 Å². The number of benzene rings is 1. The Kier molecular flexibility index (Phi) is 6.55. The third kappa shape index (κ3) is 4.31. The predicted octanol–water partition coefficient (Wildman–Crippen LogP) is 2.75. The highest BCUT2D eigenvalue weighted by Crippen LogP contribution is 2.47. The number of amides is 1. The number of hydrogen-bond acceptors (Lipinski definition) is 5. The Balaban J connectivity index is 1.46. The molecule has 1 saturated carbocycles. The number of ether oxygens (including phenoxy) is 2. The molecular weight excluding hydrogens is 454 g/mol. The Bertz CT molecular complexity index is 1150. The lowest BCUT2D eigenvalue weighted by molar-refractivity contribution is -0.157. The van der Waals surface area contributed by atoms with E-state index in [-0.39, 0.29) is 17.5 Å². The summed E-state index contributed by atoms with van der Waals surface area (Å²) in [4.78, 5) is 28.6. The lowest BCUT2D eigenvalue weighted by Crippen LogP contribution is -2.55. The van der Waals surface area contributed by atoms with Crippen molar-refractivity contribution < 1.29 is 14.3 Å². The second-order valence-corrected chi connectivity index (χ2v) is 10.1. The minimum atomic E-state index is -0.762. The van der Waals surface area contributed by atoms with Gasteiger partial charge >= 0.3 is 0 Å². The van der Waals surface area contributed by atoms with E-state index in [4.69, 9.17) is 21.1 Å². The first-order valence-corrected chi connectivity index (χ1v) is 12.4. The maximum atomic E-state index is 14.1. The highest BCUT2D eigenvalue weighted by Gasteiger charge is 2.53. The zero-order valence-corrected chi connectivity index (χ0v) is 20.6. The minimum Gasteiger partial charge on any atom is -0.384 e. The van der Waals surface area contributed by atoms with Gasteiger partial charge in [0, 0.05) is 56.1 Å². The molecule has 1 unspecified atom stereocenters. The average molecular weight is 486 g/mol. The van der Waals surface area contributed by atoms with Crippen molar-refractivity contribution in [3.8, 4) is 0 Å². The van der Waals surface area contributed by atoms with E-state index in [0.717, 1.165) is 48.1 Å². The first-order chi connectivity index (χ1) is 16.4. The normalized spacial score (nSPS) is 23.8. The summed E-state index contributed by atoms with van der Waals surface area (Å²) in [6.07, 6.45) is 5.30. The standard InChI is InChI=1S/C26H32ClN3O4/c1-29-14-19-16-34-26(21(19)12-24(29)31)8-9-28-13-22(26)25(32)30(20-4-5-20)15-18-11-17(7-10-33-2)3-6-23(18)27/h3,6,11-12,14,20,22,28H,4-5,7-10,13,15-16H2,1-2H3/t22-,26?/m1/s1. The van der Waals surface area contributed by atoms with E-state index < -0.39 is 11.5 Å².